The highest BCUT2D eigenvalue weighted by atomic mass is 35.5. The molecule has 114 valence electrons. The zero-order chi connectivity index (χ0) is 16.1. The Morgan fingerprint density at radius 1 is 1.05 bits per heavy atom. The van der Waals surface area contributed by atoms with Crippen LogP contribution in [0.1, 0.15) is 15.9 Å². The highest BCUT2D eigenvalue weighted by molar-refractivity contribution is 6.42. The third-order valence-corrected chi connectivity index (χ3v) is 3.89. The largest absolute Gasteiger partial charge is 0.289 e. The molecule has 0 unspecified atom stereocenters. The van der Waals surface area contributed by atoms with Gasteiger partial charge >= 0.3 is 0 Å². The Morgan fingerprint density at radius 2 is 1.73 bits per heavy atom. The quantitative estimate of drug-likeness (QED) is 0.450. The van der Waals surface area contributed by atoms with Crippen LogP contribution in [-0.4, -0.2) is 25.0 Å². The molecule has 0 amide bonds. The first-order valence-corrected chi connectivity index (χ1v) is 7.33. The molecule has 0 atom stereocenters. The monoisotopic (exact) mass is 335 g/mol. The van der Waals surface area contributed by atoms with Crippen LogP contribution in [0.25, 0.3) is 5.70 Å². The zero-order valence-corrected chi connectivity index (χ0v) is 13.7. The van der Waals surface area contributed by atoms with Gasteiger partial charge in [0.05, 0.1) is 22.9 Å². The lowest BCUT2D eigenvalue weighted by atomic mass is 10.1. The average molecular weight is 336 g/mol. The molecule has 0 saturated carbocycles. The number of hydrogen-bond donors (Lipinski definition) is 0. The standard InChI is InChI=1S/C17H15Cl2NO2/c1-20(22-2)16(12-6-4-3-5-7-12)11-17(21)13-8-9-14(18)15(19)10-13/h3-11H,1-2H3/b16-11+. The van der Waals surface area contributed by atoms with E-state index in [4.69, 9.17) is 28.0 Å². The number of hydroxylamine groups is 2. The molecule has 0 N–H and O–H groups in total. The Morgan fingerprint density at radius 3 is 2.32 bits per heavy atom. The molecular formula is C17H15Cl2NO2. The lowest BCUT2D eigenvalue weighted by molar-refractivity contribution is -0.0527. The topological polar surface area (TPSA) is 29.5 Å². The number of benzene rings is 2. The second-order valence-electron chi connectivity index (χ2n) is 4.57. The summed E-state index contributed by atoms with van der Waals surface area (Å²) in [4.78, 5) is 17.7. The van der Waals surface area contributed by atoms with E-state index < -0.39 is 0 Å². The van der Waals surface area contributed by atoms with Gasteiger partial charge in [-0.15, -0.1) is 0 Å². The van der Waals surface area contributed by atoms with E-state index in [0.29, 0.717) is 21.3 Å². The fourth-order valence-corrected chi connectivity index (χ4v) is 2.22. The molecule has 0 aliphatic heterocycles. The van der Waals surface area contributed by atoms with Gasteiger partial charge in [-0.3, -0.25) is 14.7 Å². The minimum atomic E-state index is -0.179. The second-order valence-corrected chi connectivity index (χ2v) is 5.38. The van der Waals surface area contributed by atoms with E-state index in [2.05, 4.69) is 0 Å². The van der Waals surface area contributed by atoms with Gasteiger partial charge in [-0.05, 0) is 18.2 Å². The van der Waals surface area contributed by atoms with Gasteiger partial charge in [0.1, 0.15) is 0 Å². The van der Waals surface area contributed by atoms with Crippen molar-refractivity contribution in [3.05, 3.63) is 75.8 Å². The first kappa shape index (κ1) is 16.6. The summed E-state index contributed by atoms with van der Waals surface area (Å²) in [5, 5.41) is 2.30. The van der Waals surface area contributed by atoms with E-state index in [1.807, 2.05) is 30.3 Å². The van der Waals surface area contributed by atoms with Crippen molar-refractivity contribution in [2.75, 3.05) is 14.2 Å². The number of ketones is 1. The van der Waals surface area contributed by atoms with Crippen LogP contribution < -0.4 is 0 Å². The summed E-state index contributed by atoms with van der Waals surface area (Å²) in [6, 6.07) is 14.3. The number of halogens is 2. The van der Waals surface area contributed by atoms with Crippen LogP contribution in [0.3, 0.4) is 0 Å². The highest BCUT2D eigenvalue weighted by Gasteiger charge is 2.12. The van der Waals surface area contributed by atoms with E-state index in [-0.39, 0.29) is 5.78 Å². The van der Waals surface area contributed by atoms with Gasteiger partial charge < -0.3 is 0 Å². The van der Waals surface area contributed by atoms with Crippen LogP contribution in [0.15, 0.2) is 54.6 Å². The summed E-state index contributed by atoms with van der Waals surface area (Å²) in [5.41, 5.74) is 1.99. The highest BCUT2D eigenvalue weighted by Crippen LogP contribution is 2.24. The van der Waals surface area contributed by atoms with Crippen molar-refractivity contribution in [1.82, 2.24) is 5.06 Å². The molecule has 22 heavy (non-hydrogen) atoms. The summed E-state index contributed by atoms with van der Waals surface area (Å²) in [7, 11) is 3.28. The molecule has 5 heteroatoms. The zero-order valence-electron chi connectivity index (χ0n) is 12.2. The third kappa shape index (κ3) is 3.89. The van der Waals surface area contributed by atoms with Crippen molar-refractivity contribution in [3.8, 4) is 0 Å². The van der Waals surface area contributed by atoms with Gasteiger partial charge in [0, 0.05) is 24.3 Å². The van der Waals surface area contributed by atoms with Crippen LogP contribution in [0.5, 0.6) is 0 Å². The Labute approximate surface area is 139 Å². The molecule has 0 radical (unpaired) electrons. The predicted molar refractivity (Wildman–Crippen MR) is 90.0 cm³/mol. The summed E-state index contributed by atoms with van der Waals surface area (Å²) in [6.45, 7) is 0. The Balaban J connectivity index is 2.40. The van der Waals surface area contributed by atoms with Crippen LogP contribution in [0.2, 0.25) is 10.0 Å². The smallest absolute Gasteiger partial charge is 0.188 e. The van der Waals surface area contributed by atoms with E-state index >= 15 is 0 Å². The van der Waals surface area contributed by atoms with Gasteiger partial charge in [-0.1, -0.05) is 53.5 Å². The molecular weight excluding hydrogens is 321 g/mol. The number of carbonyl (C=O) groups is 1. The van der Waals surface area contributed by atoms with Gasteiger partial charge in [0.2, 0.25) is 0 Å². The number of rotatable bonds is 5. The van der Waals surface area contributed by atoms with Gasteiger partial charge in [-0.2, -0.15) is 0 Å². The predicted octanol–water partition coefficient (Wildman–Crippen LogP) is 4.71. The molecule has 0 fully saturated rings. The van der Waals surface area contributed by atoms with Crippen molar-refractivity contribution in [1.29, 1.82) is 0 Å². The molecule has 2 aromatic rings. The van der Waals surface area contributed by atoms with Crippen molar-refractivity contribution in [2.24, 2.45) is 0 Å². The Kier molecular flexibility index (Phi) is 5.61. The molecule has 3 nitrogen and oxygen atoms in total. The van der Waals surface area contributed by atoms with Gasteiger partial charge in [-0.25, -0.2) is 0 Å². The normalized spacial score (nSPS) is 11.4. The Hall–Kier alpha value is -1.81. The molecule has 2 aromatic carbocycles. The molecule has 0 saturated heterocycles. The average Bonchev–Trinajstić information content (AvgIpc) is 2.55. The van der Waals surface area contributed by atoms with Crippen molar-refractivity contribution in [3.63, 3.8) is 0 Å². The van der Waals surface area contributed by atoms with Gasteiger partial charge in [0.15, 0.2) is 5.78 Å². The fraction of sp³-hybridized carbons (Fsp3) is 0.118. The minimum absolute atomic E-state index is 0.179. The van der Waals surface area contributed by atoms with E-state index in [1.54, 1.807) is 32.4 Å². The van der Waals surface area contributed by atoms with Crippen LogP contribution >= 0.6 is 23.2 Å². The lowest BCUT2D eigenvalue weighted by Crippen LogP contribution is -2.16. The second kappa shape index (κ2) is 7.45. The molecule has 0 spiro atoms. The van der Waals surface area contributed by atoms with E-state index in [1.165, 1.54) is 11.1 Å². The number of allylic oxidation sites excluding steroid dienone is 1. The molecule has 0 aliphatic carbocycles. The summed E-state index contributed by atoms with van der Waals surface area (Å²) < 4.78 is 0. The molecule has 2 rings (SSSR count). The van der Waals surface area contributed by atoms with Crippen molar-refractivity contribution in [2.45, 2.75) is 0 Å². The molecule has 0 heterocycles. The fourth-order valence-electron chi connectivity index (χ4n) is 1.92. The maximum absolute atomic E-state index is 12.5. The maximum atomic E-state index is 12.5. The van der Waals surface area contributed by atoms with E-state index in [0.717, 1.165) is 5.56 Å². The number of carbonyl (C=O) groups excluding carboxylic acids is 1. The summed E-state index contributed by atoms with van der Waals surface area (Å²) in [6.07, 6.45) is 1.51. The first-order chi connectivity index (χ1) is 10.5. The SMILES string of the molecule is CON(C)/C(=C/C(=O)c1ccc(Cl)c(Cl)c1)c1ccccc1. The lowest BCUT2D eigenvalue weighted by Gasteiger charge is -2.20. The van der Waals surface area contributed by atoms with Crippen LogP contribution in [0, 0.1) is 0 Å². The summed E-state index contributed by atoms with van der Waals surface area (Å²) in [5.74, 6) is -0.179. The third-order valence-electron chi connectivity index (χ3n) is 3.15. The van der Waals surface area contributed by atoms with Crippen molar-refractivity contribution >= 4 is 34.7 Å². The first-order valence-electron chi connectivity index (χ1n) is 6.57. The molecule has 0 aliphatic rings. The number of nitrogens with zero attached hydrogens (tertiary/aromatic N) is 1. The van der Waals surface area contributed by atoms with Crippen LogP contribution in [0.4, 0.5) is 0 Å². The Bertz CT molecular complexity index is 699. The van der Waals surface area contributed by atoms with Gasteiger partial charge in [0.25, 0.3) is 0 Å². The molecule has 0 aromatic heterocycles. The molecule has 0 bridgehead atoms. The van der Waals surface area contributed by atoms with Crippen LogP contribution in [-0.2, 0) is 4.84 Å². The maximum Gasteiger partial charge on any atom is 0.188 e. The number of hydrogen-bond acceptors (Lipinski definition) is 3. The van der Waals surface area contributed by atoms with Crippen molar-refractivity contribution < 1.29 is 9.63 Å². The van der Waals surface area contributed by atoms with E-state index in [9.17, 15) is 4.79 Å². The minimum Gasteiger partial charge on any atom is -0.289 e. The summed E-state index contributed by atoms with van der Waals surface area (Å²) >= 11 is 11.8.